The van der Waals surface area contributed by atoms with Gasteiger partial charge in [-0.05, 0) is 37.2 Å². The number of amidine groups is 1. The summed E-state index contributed by atoms with van der Waals surface area (Å²) in [6.07, 6.45) is 1.21. The van der Waals surface area contributed by atoms with Crippen LogP contribution in [0.3, 0.4) is 0 Å². The summed E-state index contributed by atoms with van der Waals surface area (Å²) in [5.41, 5.74) is 2.20. The van der Waals surface area contributed by atoms with E-state index in [1.807, 2.05) is 12.1 Å². The van der Waals surface area contributed by atoms with E-state index in [1.165, 1.54) is 23.4 Å². The minimum absolute atomic E-state index is 0. The minimum Gasteiger partial charge on any atom is -0.354 e. The molecule has 26 heavy (non-hydrogen) atoms. The smallest absolute Gasteiger partial charge is 0.137 e. The van der Waals surface area contributed by atoms with E-state index >= 15 is 0 Å². The summed E-state index contributed by atoms with van der Waals surface area (Å²) < 4.78 is 0. The first-order chi connectivity index (χ1) is 12.2. The van der Waals surface area contributed by atoms with Crippen molar-refractivity contribution in [2.24, 2.45) is 4.99 Å². The molecular formula is C20H23Cl2N3S. The van der Waals surface area contributed by atoms with Crippen molar-refractivity contribution >= 4 is 47.3 Å². The summed E-state index contributed by atoms with van der Waals surface area (Å²) >= 11 is 8.01. The summed E-state index contributed by atoms with van der Waals surface area (Å²) in [4.78, 5) is 12.5. The molecule has 0 radical (unpaired) electrons. The first kappa shape index (κ1) is 19.6. The van der Waals surface area contributed by atoms with Gasteiger partial charge in [0.1, 0.15) is 5.84 Å². The number of rotatable bonds is 2. The standard InChI is InChI=1S/C20H22ClN3S.ClH/c1-2-9-23-10-12-24(13-11-23)20-16-5-3-4-6-18(16)25-19-8-7-15(21)14-17(19)22-20;/h3-8,14H,2,9-13H2,1H3;1H. The molecule has 1 saturated heterocycles. The van der Waals surface area contributed by atoms with Crippen molar-refractivity contribution in [3.8, 4) is 0 Å². The molecule has 2 heterocycles. The average Bonchev–Trinajstić information content (AvgIpc) is 2.79. The summed E-state index contributed by atoms with van der Waals surface area (Å²) in [6, 6.07) is 14.6. The van der Waals surface area contributed by atoms with Gasteiger partial charge < -0.3 is 4.90 Å². The normalized spacial score (nSPS) is 16.8. The number of fused-ring (bicyclic) bond motifs is 2. The van der Waals surface area contributed by atoms with Gasteiger partial charge in [-0.1, -0.05) is 48.5 Å². The Kier molecular flexibility index (Phi) is 6.51. The number of halogens is 2. The second-order valence-electron chi connectivity index (χ2n) is 6.47. The van der Waals surface area contributed by atoms with Crippen molar-refractivity contribution in [3.63, 3.8) is 0 Å². The number of aliphatic imine (C=N–C) groups is 1. The van der Waals surface area contributed by atoms with Crippen molar-refractivity contribution in [2.75, 3.05) is 32.7 Å². The highest BCUT2D eigenvalue weighted by Crippen LogP contribution is 2.41. The molecule has 0 spiro atoms. The Bertz CT molecular complexity index is 801. The molecule has 0 N–H and O–H groups in total. The molecule has 2 aromatic carbocycles. The molecule has 1 fully saturated rings. The maximum Gasteiger partial charge on any atom is 0.137 e. The van der Waals surface area contributed by atoms with Crippen LogP contribution in [-0.4, -0.2) is 48.4 Å². The van der Waals surface area contributed by atoms with Crippen LogP contribution in [-0.2, 0) is 0 Å². The molecule has 0 atom stereocenters. The fourth-order valence-electron chi connectivity index (χ4n) is 3.44. The molecule has 6 heteroatoms. The van der Waals surface area contributed by atoms with Crippen LogP contribution >= 0.6 is 35.8 Å². The zero-order valence-corrected chi connectivity index (χ0v) is 17.2. The number of hydrogen-bond donors (Lipinski definition) is 0. The number of hydrogen-bond acceptors (Lipinski definition) is 4. The molecule has 3 nitrogen and oxygen atoms in total. The maximum atomic E-state index is 6.23. The average molecular weight is 408 g/mol. The van der Waals surface area contributed by atoms with Gasteiger partial charge in [-0.15, -0.1) is 12.4 Å². The number of piperazine rings is 1. The van der Waals surface area contributed by atoms with Crippen molar-refractivity contribution in [1.82, 2.24) is 9.80 Å². The predicted molar refractivity (Wildman–Crippen MR) is 114 cm³/mol. The molecule has 2 aliphatic rings. The van der Waals surface area contributed by atoms with Crippen molar-refractivity contribution < 1.29 is 0 Å². The number of benzene rings is 2. The van der Waals surface area contributed by atoms with E-state index in [0.29, 0.717) is 0 Å². The molecule has 2 aliphatic heterocycles. The quantitative estimate of drug-likeness (QED) is 0.669. The van der Waals surface area contributed by atoms with Gasteiger partial charge in [0.15, 0.2) is 0 Å². The molecular weight excluding hydrogens is 385 g/mol. The highest BCUT2D eigenvalue weighted by atomic mass is 35.5. The van der Waals surface area contributed by atoms with Gasteiger partial charge in [-0.25, -0.2) is 4.99 Å². The second kappa shape index (κ2) is 8.66. The van der Waals surface area contributed by atoms with Crippen LogP contribution in [0, 0.1) is 0 Å². The largest absolute Gasteiger partial charge is 0.354 e. The molecule has 0 saturated carbocycles. The third kappa shape index (κ3) is 4.04. The Hall–Kier alpha value is -1.20. The lowest BCUT2D eigenvalue weighted by Gasteiger charge is -2.36. The Morgan fingerprint density at radius 3 is 2.58 bits per heavy atom. The van der Waals surface area contributed by atoms with Crippen LogP contribution in [0.25, 0.3) is 0 Å². The van der Waals surface area contributed by atoms with E-state index in [1.54, 1.807) is 11.8 Å². The van der Waals surface area contributed by atoms with E-state index in [2.05, 4.69) is 47.1 Å². The van der Waals surface area contributed by atoms with Gasteiger partial charge in [0.25, 0.3) is 0 Å². The molecule has 138 valence electrons. The molecule has 0 bridgehead atoms. The zero-order chi connectivity index (χ0) is 17.2. The lowest BCUT2D eigenvalue weighted by atomic mass is 10.1. The Labute approximate surface area is 170 Å². The highest BCUT2D eigenvalue weighted by molar-refractivity contribution is 7.99. The minimum atomic E-state index is 0. The SMILES string of the molecule is CCCN1CCN(C2=Nc3cc(Cl)ccc3Sc3ccccc32)CC1.Cl. The van der Waals surface area contributed by atoms with E-state index < -0.39 is 0 Å². The highest BCUT2D eigenvalue weighted by Gasteiger charge is 2.25. The fraction of sp³-hybridized carbons (Fsp3) is 0.350. The van der Waals surface area contributed by atoms with Gasteiger partial charge in [-0.3, -0.25) is 4.90 Å². The molecule has 0 aliphatic carbocycles. The predicted octanol–water partition coefficient (Wildman–Crippen LogP) is 5.33. The van der Waals surface area contributed by atoms with Gasteiger partial charge in [0.05, 0.1) is 5.69 Å². The lowest BCUT2D eigenvalue weighted by molar-refractivity contribution is 0.182. The van der Waals surface area contributed by atoms with Crippen LogP contribution in [0.15, 0.2) is 57.2 Å². The molecule has 0 amide bonds. The first-order valence-electron chi connectivity index (χ1n) is 8.87. The first-order valence-corrected chi connectivity index (χ1v) is 10.1. The summed E-state index contributed by atoms with van der Waals surface area (Å²) in [5, 5.41) is 0.737. The lowest BCUT2D eigenvalue weighted by Crippen LogP contribution is -2.49. The van der Waals surface area contributed by atoms with Gasteiger partial charge >= 0.3 is 0 Å². The van der Waals surface area contributed by atoms with E-state index in [0.717, 1.165) is 47.6 Å². The van der Waals surface area contributed by atoms with Crippen molar-refractivity contribution in [2.45, 2.75) is 23.1 Å². The summed E-state index contributed by atoms with van der Waals surface area (Å²) in [7, 11) is 0. The molecule has 2 aromatic rings. The van der Waals surface area contributed by atoms with Crippen molar-refractivity contribution in [1.29, 1.82) is 0 Å². The molecule has 0 aromatic heterocycles. The Balaban J connectivity index is 0.00000196. The fourth-order valence-corrected chi connectivity index (χ4v) is 4.60. The van der Waals surface area contributed by atoms with E-state index in [9.17, 15) is 0 Å². The summed E-state index contributed by atoms with van der Waals surface area (Å²) in [6.45, 7) is 7.68. The van der Waals surface area contributed by atoms with E-state index in [4.69, 9.17) is 16.6 Å². The van der Waals surface area contributed by atoms with Gasteiger partial charge in [-0.2, -0.15) is 0 Å². The van der Waals surface area contributed by atoms with E-state index in [-0.39, 0.29) is 12.4 Å². The molecule has 4 rings (SSSR count). The van der Waals surface area contributed by atoms with Crippen LogP contribution in [0.2, 0.25) is 5.02 Å². The van der Waals surface area contributed by atoms with Crippen LogP contribution in [0.1, 0.15) is 18.9 Å². The van der Waals surface area contributed by atoms with Crippen LogP contribution < -0.4 is 0 Å². The number of nitrogens with zero attached hydrogens (tertiary/aromatic N) is 3. The van der Waals surface area contributed by atoms with Crippen LogP contribution in [0.4, 0.5) is 5.69 Å². The van der Waals surface area contributed by atoms with Gasteiger partial charge in [0, 0.05) is 46.6 Å². The topological polar surface area (TPSA) is 18.8 Å². The Morgan fingerprint density at radius 1 is 1.04 bits per heavy atom. The van der Waals surface area contributed by atoms with Gasteiger partial charge in [0.2, 0.25) is 0 Å². The third-order valence-corrected chi connectivity index (χ3v) is 6.08. The third-order valence-electron chi connectivity index (χ3n) is 4.71. The maximum absolute atomic E-state index is 6.23. The second-order valence-corrected chi connectivity index (χ2v) is 7.99. The summed E-state index contributed by atoms with van der Waals surface area (Å²) in [5.74, 6) is 1.08. The molecule has 0 unspecified atom stereocenters. The monoisotopic (exact) mass is 407 g/mol. The Morgan fingerprint density at radius 2 is 1.81 bits per heavy atom. The van der Waals surface area contributed by atoms with Crippen molar-refractivity contribution in [3.05, 3.63) is 53.1 Å². The zero-order valence-electron chi connectivity index (χ0n) is 14.8. The van der Waals surface area contributed by atoms with Crippen LogP contribution in [0.5, 0.6) is 0 Å².